The molecule has 1 aliphatic rings. The van der Waals surface area contributed by atoms with Crippen LogP contribution in [0.15, 0.2) is 24.3 Å². The molecule has 1 N–H and O–H groups in total. The minimum atomic E-state index is 0.0897. The number of para-hydroxylation sites is 2. The zero-order valence-electron chi connectivity index (χ0n) is 12.7. The van der Waals surface area contributed by atoms with E-state index >= 15 is 0 Å². The summed E-state index contributed by atoms with van der Waals surface area (Å²) < 4.78 is 0. The Morgan fingerprint density at radius 2 is 1.95 bits per heavy atom. The standard InChI is InChI=1S/C16H22N4O/c1-12(2)16(21)20-9-7-19(8-10-20)11-15-17-13-5-3-4-6-14(13)18-15/h3-6,12H,7-11H2,1-2H3,(H,17,18). The van der Waals surface area contributed by atoms with E-state index in [4.69, 9.17) is 0 Å². The van der Waals surface area contributed by atoms with Crippen molar-refractivity contribution >= 4 is 16.9 Å². The lowest BCUT2D eigenvalue weighted by atomic mass is 10.1. The van der Waals surface area contributed by atoms with Crippen LogP contribution in [0.3, 0.4) is 0 Å². The highest BCUT2D eigenvalue weighted by molar-refractivity contribution is 5.78. The van der Waals surface area contributed by atoms with Crippen LogP contribution in [0.4, 0.5) is 0 Å². The van der Waals surface area contributed by atoms with Gasteiger partial charge >= 0.3 is 0 Å². The lowest BCUT2D eigenvalue weighted by molar-refractivity contribution is -0.136. The number of H-pyrrole nitrogens is 1. The molecule has 1 saturated heterocycles. The zero-order chi connectivity index (χ0) is 14.8. The van der Waals surface area contributed by atoms with Crippen LogP contribution in [0.2, 0.25) is 0 Å². The van der Waals surface area contributed by atoms with Gasteiger partial charge in [0.25, 0.3) is 0 Å². The van der Waals surface area contributed by atoms with Crippen molar-refractivity contribution in [2.24, 2.45) is 5.92 Å². The van der Waals surface area contributed by atoms with E-state index in [-0.39, 0.29) is 11.8 Å². The van der Waals surface area contributed by atoms with Gasteiger partial charge in [0.1, 0.15) is 5.82 Å². The molecule has 5 nitrogen and oxygen atoms in total. The average molecular weight is 286 g/mol. The lowest BCUT2D eigenvalue weighted by Gasteiger charge is -2.35. The maximum absolute atomic E-state index is 12.0. The molecule has 3 rings (SSSR count). The number of aromatic amines is 1. The summed E-state index contributed by atoms with van der Waals surface area (Å²) in [6.07, 6.45) is 0. The monoisotopic (exact) mass is 286 g/mol. The topological polar surface area (TPSA) is 52.2 Å². The summed E-state index contributed by atoms with van der Waals surface area (Å²) in [7, 11) is 0. The summed E-state index contributed by atoms with van der Waals surface area (Å²) in [5.74, 6) is 1.35. The van der Waals surface area contributed by atoms with Crippen molar-refractivity contribution in [3.63, 3.8) is 0 Å². The molecule has 1 aliphatic heterocycles. The van der Waals surface area contributed by atoms with Crippen molar-refractivity contribution in [2.75, 3.05) is 26.2 Å². The van der Waals surface area contributed by atoms with Gasteiger partial charge in [-0.15, -0.1) is 0 Å². The predicted octanol–water partition coefficient (Wildman–Crippen LogP) is 1.86. The third-order valence-electron chi connectivity index (χ3n) is 3.99. The summed E-state index contributed by atoms with van der Waals surface area (Å²) in [5.41, 5.74) is 2.10. The molecule has 5 heteroatoms. The number of benzene rings is 1. The molecule has 1 fully saturated rings. The van der Waals surface area contributed by atoms with E-state index < -0.39 is 0 Å². The van der Waals surface area contributed by atoms with Gasteiger partial charge in [-0.2, -0.15) is 0 Å². The molecule has 112 valence electrons. The summed E-state index contributed by atoms with van der Waals surface area (Å²) in [6.45, 7) is 8.20. The number of piperazine rings is 1. The minimum Gasteiger partial charge on any atom is -0.341 e. The van der Waals surface area contributed by atoms with Crippen LogP contribution in [0.25, 0.3) is 11.0 Å². The average Bonchev–Trinajstić information content (AvgIpc) is 2.89. The SMILES string of the molecule is CC(C)C(=O)N1CCN(Cc2nc3ccccc3[nH]2)CC1. The minimum absolute atomic E-state index is 0.0897. The van der Waals surface area contributed by atoms with Crippen molar-refractivity contribution in [3.8, 4) is 0 Å². The van der Waals surface area contributed by atoms with E-state index in [1.165, 1.54) is 0 Å². The van der Waals surface area contributed by atoms with Crippen LogP contribution in [0.1, 0.15) is 19.7 Å². The number of nitrogens with one attached hydrogen (secondary N) is 1. The van der Waals surface area contributed by atoms with Gasteiger partial charge in [0.05, 0.1) is 17.6 Å². The Morgan fingerprint density at radius 1 is 1.24 bits per heavy atom. The molecule has 1 aromatic carbocycles. The highest BCUT2D eigenvalue weighted by Gasteiger charge is 2.23. The fourth-order valence-corrected chi connectivity index (χ4v) is 2.78. The first-order valence-corrected chi connectivity index (χ1v) is 7.58. The molecule has 0 saturated carbocycles. The number of carbonyl (C=O) groups is 1. The van der Waals surface area contributed by atoms with Gasteiger partial charge in [0.2, 0.25) is 5.91 Å². The van der Waals surface area contributed by atoms with Crippen molar-refractivity contribution < 1.29 is 4.79 Å². The molecule has 0 bridgehead atoms. The van der Waals surface area contributed by atoms with E-state index in [9.17, 15) is 4.79 Å². The Bertz CT molecular complexity index is 593. The van der Waals surface area contributed by atoms with Gasteiger partial charge in [-0.3, -0.25) is 9.69 Å². The number of hydrogen-bond donors (Lipinski definition) is 1. The van der Waals surface area contributed by atoms with Gasteiger partial charge in [0, 0.05) is 32.1 Å². The molecule has 1 aromatic heterocycles. The van der Waals surface area contributed by atoms with E-state index in [2.05, 4.69) is 14.9 Å². The number of rotatable bonds is 3. The maximum atomic E-state index is 12.0. The Kier molecular flexibility index (Phi) is 3.92. The second kappa shape index (κ2) is 5.85. The number of hydrogen-bond acceptors (Lipinski definition) is 3. The summed E-state index contributed by atoms with van der Waals surface area (Å²) in [4.78, 5) is 24.3. The number of imidazole rings is 1. The Balaban J connectivity index is 1.59. The van der Waals surface area contributed by atoms with Crippen LogP contribution < -0.4 is 0 Å². The van der Waals surface area contributed by atoms with E-state index in [0.29, 0.717) is 0 Å². The third kappa shape index (κ3) is 3.08. The lowest BCUT2D eigenvalue weighted by Crippen LogP contribution is -2.49. The Morgan fingerprint density at radius 3 is 2.62 bits per heavy atom. The molecule has 0 spiro atoms. The molecule has 0 aliphatic carbocycles. The zero-order valence-corrected chi connectivity index (χ0v) is 12.7. The highest BCUT2D eigenvalue weighted by atomic mass is 16.2. The van der Waals surface area contributed by atoms with Gasteiger partial charge < -0.3 is 9.88 Å². The molecular formula is C16H22N4O. The van der Waals surface area contributed by atoms with Crippen molar-refractivity contribution in [3.05, 3.63) is 30.1 Å². The Hall–Kier alpha value is -1.88. The maximum Gasteiger partial charge on any atom is 0.225 e. The first-order chi connectivity index (χ1) is 10.1. The largest absolute Gasteiger partial charge is 0.341 e. The van der Waals surface area contributed by atoms with Crippen LogP contribution >= 0.6 is 0 Å². The van der Waals surface area contributed by atoms with Crippen LogP contribution in [-0.4, -0.2) is 51.9 Å². The first kappa shape index (κ1) is 14.1. The van der Waals surface area contributed by atoms with Gasteiger partial charge in [-0.1, -0.05) is 26.0 Å². The van der Waals surface area contributed by atoms with Crippen LogP contribution in [0, 0.1) is 5.92 Å². The Labute approximate surface area is 125 Å². The molecule has 0 unspecified atom stereocenters. The van der Waals surface area contributed by atoms with Gasteiger partial charge in [0.15, 0.2) is 0 Å². The van der Waals surface area contributed by atoms with Crippen LogP contribution in [0.5, 0.6) is 0 Å². The predicted molar refractivity (Wildman–Crippen MR) is 82.8 cm³/mol. The fourth-order valence-electron chi connectivity index (χ4n) is 2.78. The molecule has 21 heavy (non-hydrogen) atoms. The van der Waals surface area contributed by atoms with Gasteiger partial charge in [-0.25, -0.2) is 4.98 Å². The van der Waals surface area contributed by atoms with E-state index in [1.807, 2.05) is 43.0 Å². The van der Waals surface area contributed by atoms with Crippen molar-refractivity contribution in [1.29, 1.82) is 0 Å². The smallest absolute Gasteiger partial charge is 0.225 e. The number of amides is 1. The first-order valence-electron chi connectivity index (χ1n) is 7.58. The second-order valence-corrected chi connectivity index (χ2v) is 5.96. The summed E-state index contributed by atoms with van der Waals surface area (Å²) >= 11 is 0. The van der Waals surface area contributed by atoms with E-state index in [0.717, 1.165) is 49.6 Å². The molecule has 0 radical (unpaired) electrons. The summed E-state index contributed by atoms with van der Waals surface area (Å²) in [6, 6.07) is 8.09. The highest BCUT2D eigenvalue weighted by Crippen LogP contribution is 2.13. The summed E-state index contributed by atoms with van der Waals surface area (Å²) in [5, 5.41) is 0. The van der Waals surface area contributed by atoms with Crippen molar-refractivity contribution in [2.45, 2.75) is 20.4 Å². The van der Waals surface area contributed by atoms with Crippen LogP contribution in [-0.2, 0) is 11.3 Å². The number of fused-ring (bicyclic) bond motifs is 1. The number of nitrogens with zero attached hydrogens (tertiary/aromatic N) is 3. The molecule has 2 aromatic rings. The van der Waals surface area contributed by atoms with Crippen molar-refractivity contribution in [1.82, 2.24) is 19.8 Å². The third-order valence-corrected chi connectivity index (χ3v) is 3.99. The molecule has 1 amide bonds. The normalized spacial score (nSPS) is 16.8. The number of aromatic nitrogens is 2. The quantitative estimate of drug-likeness (QED) is 0.937. The number of carbonyl (C=O) groups excluding carboxylic acids is 1. The second-order valence-electron chi connectivity index (χ2n) is 5.96. The van der Waals surface area contributed by atoms with E-state index in [1.54, 1.807) is 0 Å². The molecular weight excluding hydrogens is 264 g/mol. The van der Waals surface area contributed by atoms with Gasteiger partial charge in [-0.05, 0) is 12.1 Å². The molecule has 0 atom stereocenters. The molecule has 2 heterocycles. The fraction of sp³-hybridized carbons (Fsp3) is 0.500.